The molecular formula is C13H10BrN3O3. The maximum Gasteiger partial charge on any atom is 0.336 e. The lowest BCUT2D eigenvalue weighted by Gasteiger charge is -2.06. The molecule has 6 nitrogen and oxygen atoms in total. The Balaban J connectivity index is 2.21. The van der Waals surface area contributed by atoms with Gasteiger partial charge in [-0.15, -0.1) is 0 Å². The second-order valence-corrected chi connectivity index (χ2v) is 4.85. The van der Waals surface area contributed by atoms with Gasteiger partial charge >= 0.3 is 5.97 Å². The molecule has 2 rings (SSSR count). The van der Waals surface area contributed by atoms with Crippen LogP contribution in [0.1, 0.15) is 26.5 Å². The molecule has 7 heteroatoms. The van der Waals surface area contributed by atoms with E-state index in [-0.39, 0.29) is 11.3 Å². The van der Waals surface area contributed by atoms with Crippen molar-refractivity contribution in [3.05, 3.63) is 52.0 Å². The largest absolute Gasteiger partial charge is 0.478 e. The maximum atomic E-state index is 11.9. The molecular weight excluding hydrogens is 326 g/mol. The van der Waals surface area contributed by atoms with Crippen LogP contribution in [-0.4, -0.2) is 27.0 Å². The Bertz CT molecular complexity index is 671. The zero-order valence-electron chi connectivity index (χ0n) is 10.4. The summed E-state index contributed by atoms with van der Waals surface area (Å²) in [6.45, 7) is 1.77. The second kappa shape index (κ2) is 5.79. The highest BCUT2D eigenvalue weighted by Gasteiger charge is 2.12. The monoisotopic (exact) mass is 335 g/mol. The van der Waals surface area contributed by atoms with Gasteiger partial charge in [-0.2, -0.15) is 0 Å². The van der Waals surface area contributed by atoms with E-state index in [1.807, 2.05) is 0 Å². The lowest BCUT2D eigenvalue weighted by Crippen LogP contribution is -2.14. The number of nitrogens with zero attached hydrogens (tertiary/aromatic N) is 2. The van der Waals surface area contributed by atoms with Crippen molar-refractivity contribution >= 4 is 33.5 Å². The molecule has 1 amide bonds. The third-order valence-electron chi connectivity index (χ3n) is 2.47. The van der Waals surface area contributed by atoms with Gasteiger partial charge in [0, 0.05) is 16.4 Å². The van der Waals surface area contributed by atoms with E-state index in [1.165, 1.54) is 18.5 Å². The third-order valence-corrected chi connectivity index (χ3v) is 3.16. The summed E-state index contributed by atoms with van der Waals surface area (Å²) in [7, 11) is 0. The lowest BCUT2D eigenvalue weighted by molar-refractivity contribution is 0.0695. The number of carboxylic acid groups (broad SMARTS) is 1. The van der Waals surface area contributed by atoms with Gasteiger partial charge in [-0.1, -0.05) is 0 Å². The number of aromatic carboxylic acids is 1. The number of carboxylic acids is 1. The highest BCUT2D eigenvalue weighted by Crippen LogP contribution is 2.21. The molecule has 0 unspecified atom stereocenters. The number of benzene rings is 1. The smallest absolute Gasteiger partial charge is 0.336 e. The van der Waals surface area contributed by atoms with Gasteiger partial charge in [-0.25, -0.2) is 9.78 Å². The first-order valence-electron chi connectivity index (χ1n) is 5.60. The van der Waals surface area contributed by atoms with Gasteiger partial charge in [-0.3, -0.25) is 9.78 Å². The molecule has 0 aliphatic carbocycles. The van der Waals surface area contributed by atoms with E-state index in [2.05, 4.69) is 31.2 Å². The van der Waals surface area contributed by atoms with Crippen molar-refractivity contribution < 1.29 is 14.7 Å². The van der Waals surface area contributed by atoms with E-state index in [1.54, 1.807) is 19.1 Å². The van der Waals surface area contributed by atoms with Crippen molar-refractivity contribution in [2.24, 2.45) is 0 Å². The highest BCUT2D eigenvalue weighted by molar-refractivity contribution is 9.10. The second-order valence-electron chi connectivity index (χ2n) is 4.00. The summed E-state index contributed by atoms with van der Waals surface area (Å²) in [5.74, 6) is -1.53. The van der Waals surface area contributed by atoms with Crippen LogP contribution in [-0.2, 0) is 0 Å². The standard InChI is InChI=1S/C13H10BrN3O3/c1-7-5-16-11(6-15-7)12(18)17-8-2-3-10(14)9(4-8)13(19)20/h2-6H,1H3,(H,17,18)(H,19,20). The van der Waals surface area contributed by atoms with Crippen LogP contribution in [0.5, 0.6) is 0 Å². The minimum absolute atomic E-state index is 0.0674. The Morgan fingerprint density at radius 2 is 2.00 bits per heavy atom. The number of amides is 1. The molecule has 20 heavy (non-hydrogen) atoms. The van der Waals surface area contributed by atoms with Gasteiger partial charge in [-0.05, 0) is 41.1 Å². The average Bonchev–Trinajstić information content (AvgIpc) is 2.41. The first-order valence-corrected chi connectivity index (χ1v) is 6.39. The SMILES string of the molecule is Cc1cnc(C(=O)Nc2ccc(Br)c(C(=O)O)c2)cn1. The summed E-state index contributed by atoms with van der Waals surface area (Å²) < 4.78 is 0.443. The minimum atomic E-state index is -1.08. The van der Waals surface area contributed by atoms with Gasteiger partial charge in [0.2, 0.25) is 0 Å². The van der Waals surface area contributed by atoms with Gasteiger partial charge in [0.15, 0.2) is 0 Å². The van der Waals surface area contributed by atoms with Gasteiger partial charge < -0.3 is 10.4 Å². The fourth-order valence-corrected chi connectivity index (χ4v) is 1.89. The molecule has 0 spiro atoms. The number of halogens is 1. The predicted octanol–water partition coefficient (Wildman–Crippen LogP) is 2.50. The maximum absolute atomic E-state index is 11.9. The quantitative estimate of drug-likeness (QED) is 0.898. The van der Waals surface area contributed by atoms with E-state index in [4.69, 9.17) is 5.11 Å². The summed E-state index contributed by atoms with van der Waals surface area (Å²) in [5, 5.41) is 11.6. The van der Waals surface area contributed by atoms with Crippen molar-refractivity contribution in [1.29, 1.82) is 0 Å². The average molecular weight is 336 g/mol. The van der Waals surface area contributed by atoms with Crippen LogP contribution in [0.3, 0.4) is 0 Å². The topological polar surface area (TPSA) is 92.2 Å². The number of aryl methyl sites for hydroxylation is 1. The molecule has 0 aliphatic heterocycles. The molecule has 0 atom stereocenters. The van der Waals surface area contributed by atoms with E-state index < -0.39 is 11.9 Å². The molecule has 102 valence electrons. The number of hydrogen-bond acceptors (Lipinski definition) is 4. The highest BCUT2D eigenvalue weighted by atomic mass is 79.9. The third kappa shape index (κ3) is 3.18. The summed E-state index contributed by atoms with van der Waals surface area (Å²) in [6, 6.07) is 4.52. The first-order chi connectivity index (χ1) is 9.47. The predicted molar refractivity (Wildman–Crippen MR) is 75.8 cm³/mol. The molecule has 0 saturated heterocycles. The molecule has 0 aliphatic rings. The summed E-state index contributed by atoms with van der Waals surface area (Å²) >= 11 is 3.13. The number of hydrogen-bond donors (Lipinski definition) is 2. The van der Waals surface area contributed by atoms with Crippen LogP contribution in [0.25, 0.3) is 0 Å². The van der Waals surface area contributed by atoms with E-state index in [0.29, 0.717) is 15.9 Å². The molecule has 0 fully saturated rings. The van der Waals surface area contributed by atoms with Crippen molar-refractivity contribution in [2.45, 2.75) is 6.92 Å². The number of rotatable bonds is 3. The molecule has 2 aromatic rings. The lowest BCUT2D eigenvalue weighted by atomic mass is 10.2. The number of carbonyl (C=O) groups is 2. The summed E-state index contributed by atoms with van der Waals surface area (Å²) in [6.07, 6.45) is 2.85. The van der Waals surface area contributed by atoms with Gasteiger partial charge in [0.1, 0.15) is 5.69 Å². The molecule has 1 aromatic heterocycles. The summed E-state index contributed by atoms with van der Waals surface area (Å²) in [4.78, 5) is 30.8. The first kappa shape index (κ1) is 14.1. The molecule has 1 aromatic carbocycles. The van der Waals surface area contributed by atoms with Crippen LogP contribution >= 0.6 is 15.9 Å². The van der Waals surface area contributed by atoms with Crippen LogP contribution in [0.2, 0.25) is 0 Å². The Kier molecular flexibility index (Phi) is 4.09. The van der Waals surface area contributed by atoms with Crippen LogP contribution in [0.15, 0.2) is 35.1 Å². The molecule has 0 saturated carbocycles. The van der Waals surface area contributed by atoms with Crippen molar-refractivity contribution in [3.8, 4) is 0 Å². The van der Waals surface area contributed by atoms with Crippen molar-refractivity contribution in [3.63, 3.8) is 0 Å². The van der Waals surface area contributed by atoms with Crippen molar-refractivity contribution in [2.75, 3.05) is 5.32 Å². The van der Waals surface area contributed by atoms with E-state index in [9.17, 15) is 9.59 Å². The van der Waals surface area contributed by atoms with E-state index >= 15 is 0 Å². The minimum Gasteiger partial charge on any atom is -0.478 e. The van der Waals surface area contributed by atoms with E-state index in [0.717, 1.165) is 0 Å². The van der Waals surface area contributed by atoms with Crippen LogP contribution in [0, 0.1) is 6.92 Å². The number of anilines is 1. The Labute approximate surface area is 123 Å². The normalized spacial score (nSPS) is 10.1. The van der Waals surface area contributed by atoms with Gasteiger partial charge in [0.05, 0.1) is 17.5 Å². The van der Waals surface area contributed by atoms with Gasteiger partial charge in [0.25, 0.3) is 5.91 Å². The zero-order valence-corrected chi connectivity index (χ0v) is 12.0. The number of carbonyl (C=O) groups excluding carboxylic acids is 1. The fraction of sp³-hybridized carbons (Fsp3) is 0.0769. The molecule has 1 heterocycles. The Morgan fingerprint density at radius 1 is 1.25 bits per heavy atom. The molecule has 0 bridgehead atoms. The van der Waals surface area contributed by atoms with Crippen LogP contribution < -0.4 is 5.32 Å². The van der Waals surface area contributed by atoms with Crippen molar-refractivity contribution in [1.82, 2.24) is 9.97 Å². The Hall–Kier alpha value is -2.28. The number of aromatic nitrogens is 2. The molecule has 0 radical (unpaired) electrons. The Morgan fingerprint density at radius 3 is 2.60 bits per heavy atom. The number of nitrogens with one attached hydrogen (secondary N) is 1. The summed E-state index contributed by atoms with van der Waals surface area (Å²) in [5.41, 5.74) is 1.31. The van der Waals surface area contributed by atoms with Crippen LogP contribution in [0.4, 0.5) is 5.69 Å². The zero-order chi connectivity index (χ0) is 14.7. The molecule has 2 N–H and O–H groups in total. The fourth-order valence-electron chi connectivity index (χ4n) is 1.47.